The molecule has 3 rings (SSSR count). The molecule has 0 fully saturated rings. The Balaban J connectivity index is 2.04. The van der Waals surface area contributed by atoms with Gasteiger partial charge < -0.3 is 14.9 Å². The van der Waals surface area contributed by atoms with Gasteiger partial charge >= 0.3 is 11.7 Å². The highest BCUT2D eigenvalue weighted by Gasteiger charge is 2.25. The number of thiazole rings is 1. The lowest BCUT2D eigenvalue weighted by atomic mass is 10.4. The third kappa shape index (κ3) is 2.02. The summed E-state index contributed by atoms with van der Waals surface area (Å²) in [7, 11) is 0. The summed E-state index contributed by atoms with van der Waals surface area (Å²) >= 11 is 1.30. The number of ether oxygens (including phenoxy) is 1. The Morgan fingerprint density at radius 3 is 3.00 bits per heavy atom. The molecule has 8 heteroatoms. The number of imidazole rings is 1. The van der Waals surface area contributed by atoms with Crippen molar-refractivity contribution in [2.45, 2.75) is 6.92 Å². The summed E-state index contributed by atoms with van der Waals surface area (Å²) in [5.74, 6) is 0.207. The molecule has 0 saturated heterocycles. The van der Waals surface area contributed by atoms with Crippen LogP contribution in [-0.2, 0) is 0 Å². The van der Waals surface area contributed by atoms with Crippen molar-refractivity contribution in [3.05, 3.63) is 45.7 Å². The Labute approximate surface area is 111 Å². The van der Waals surface area contributed by atoms with Crippen molar-refractivity contribution in [3.63, 3.8) is 0 Å². The van der Waals surface area contributed by atoms with Gasteiger partial charge in [0.25, 0.3) is 4.96 Å². The molecule has 3 aromatic rings. The molecular weight excluding hydrogens is 268 g/mol. The zero-order valence-corrected chi connectivity index (χ0v) is 10.6. The first kappa shape index (κ1) is 11.6. The monoisotopic (exact) mass is 276 g/mol. The minimum atomic E-state index is -0.510. The summed E-state index contributed by atoms with van der Waals surface area (Å²) in [6.45, 7) is 1.85. The van der Waals surface area contributed by atoms with Crippen LogP contribution < -0.4 is 4.74 Å². The van der Waals surface area contributed by atoms with Crippen molar-refractivity contribution in [1.29, 1.82) is 0 Å². The highest BCUT2D eigenvalue weighted by Crippen LogP contribution is 2.33. The Morgan fingerprint density at radius 1 is 1.47 bits per heavy atom. The van der Waals surface area contributed by atoms with E-state index in [4.69, 9.17) is 4.74 Å². The molecular formula is C11H8N4O3S. The van der Waals surface area contributed by atoms with Gasteiger partial charge in [-0.3, -0.25) is 4.98 Å². The number of aromatic nitrogens is 3. The molecule has 0 amide bonds. The van der Waals surface area contributed by atoms with Gasteiger partial charge in [-0.05, 0) is 24.0 Å². The molecule has 0 N–H and O–H groups in total. The first-order valence-electron chi connectivity index (χ1n) is 5.35. The second kappa shape index (κ2) is 4.32. The maximum atomic E-state index is 11.1. The smallest absolute Gasteiger partial charge is 0.393 e. The van der Waals surface area contributed by atoms with Crippen LogP contribution in [0.5, 0.6) is 11.6 Å². The molecule has 0 spiro atoms. The second-order valence-electron chi connectivity index (χ2n) is 3.79. The van der Waals surface area contributed by atoms with Gasteiger partial charge in [-0.1, -0.05) is 11.3 Å². The van der Waals surface area contributed by atoms with E-state index in [1.165, 1.54) is 21.9 Å². The Morgan fingerprint density at radius 2 is 2.32 bits per heavy atom. The van der Waals surface area contributed by atoms with Gasteiger partial charge in [-0.25, -0.2) is 0 Å². The first-order valence-corrected chi connectivity index (χ1v) is 6.23. The van der Waals surface area contributed by atoms with Gasteiger partial charge in [0, 0.05) is 11.1 Å². The highest BCUT2D eigenvalue weighted by molar-refractivity contribution is 7.15. The average Bonchev–Trinajstić information content (AvgIpc) is 2.91. The molecule has 0 aliphatic rings. The van der Waals surface area contributed by atoms with Gasteiger partial charge in [0.05, 0.1) is 6.20 Å². The van der Waals surface area contributed by atoms with Crippen LogP contribution in [-0.4, -0.2) is 19.3 Å². The SMILES string of the molecule is Cc1ccc(Oc2nc3sccn3c2[N+](=O)[O-])cn1. The number of nitro groups is 1. The molecule has 3 heterocycles. The lowest BCUT2D eigenvalue weighted by Crippen LogP contribution is -1.95. The summed E-state index contributed by atoms with van der Waals surface area (Å²) in [5, 5.41) is 12.8. The summed E-state index contributed by atoms with van der Waals surface area (Å²) in [6, 6.07) is 3.46. The van der Waals surface area contributed by atoms with E-state index in [0.717, 1.165) is 5.69 Å². The fraction of sp³-hybridized carbons (Fsp3) is 0.0909. The molecule has 0 aromatic carbocycles. The van der Waals surface area contributed by atoms with E-state index in [9.17, 15) is 10.1 Å². The molecule has 0 bridgehead atoms. The van der Waals surface area contributed by atoms with E-state index in [1.54, 1.807) is 23.7 Å². The number of hydrogen-bond donors (Lipinski definition) is 0. The molecule has 0 atom stereocenters. The minimum Gasteiger partial charge on any atom is -0.431 e. The maximum Gasteiger partial charge on any atom is 0.393 e. The van der Waals surface area contributed by atoms with Crippen molar-refractivity contribution >= 4 is 22.1 Å². The normalized spacial score (nSPS) is 10.8. The zero-order chi connectivity index (χ0) is 13.4. The summed E-state index contributed by atoms with van der Waals surface area (Å²) in [6.07, 6.45) is 3.10. The molecule has 7 nitrogen and oxygen atoms in total. The molecule has 0 aliphatic heterocycles. The van der Waals surface area contributed by atoms with Crippen LogP contribution in [0.4, 0.5) is 5.82 Å². The van der Waals surface area contributed by atoms with Crippen LogP contribution in [0.1, 0.15) is 5.69 Å². The van der Waals surface area contributed by atoms with Crippen LogP contribution in [0.25, 0.3) is 4.96 Å². The van der Waals surface area contributed by atoms with Crippen molar-refractivity contribution in [2.24, 2.45) is 0 Å². The molecule has 0 unspecified atom stereocenters. The summed E-state index contributed by atoms with van der Waals surface area (Å²) in [5.41, 5.74) is 0.840. The lowest BCUT2D eigenvalue weighted by molar-refractivity contribution is -0.391. The van der Waals surface area contributed by atoms with E-state index in [0.29, 0.717) is 10.7 Å². The predicted octanol–water partition coefficient (Wildman–Crippen LogP) is 2.80. The molecule has 3 aromatic heterocycles. The van der Waals surface area contributed by atoms with E-state index < -0.39 is 4.92 Å². The van der Waals surface area contributed by atoms with Crippen molar-refractivity contribution in [3.8, 4) is 11.6 Å². The minimum absolute atomic E-state index is 0.0255. The fourth-order valence-corrected chi connectivity index (χ4v) is 2.32. The van der Waals surface area contributed by atoms with Gasteiger partial charge in [0.1, 0.15) is 11.9 Å². The summed E-state index contributed by atoms with van der Waals surface area (Å²) in [4.78, 5) is 19.3. The zero-order valence-electron chi connectivity index (χ0n) is 9.81. The van der Waals surface area contributed by atoms with Crippen molar-refractivity contribution in [2.75, 3.05) is 0 Å². The molecule has 0 radical (unpaired) electrons. The van der Waals surface area contributed by atoms with Gasteiger partial charge in [0.15, 0.2) is 0 Å². The largest absolute Gasteiger partial charge is 0.431 e. The number of fused-ring (bicyclic) bond motifs is 1. The van der Waals surface area contributed by atoms with Crippen molar-refractivity contribution in [1.82, 2.24) is 14.4 Å². The molecule has 0 saturated carbocycles. The number of pyridine rings is 1. The Bertz CT molecular complexity index is 747. The van der Waals surface area contributed by atoms with Crippen LogP contribution in [0.3, 0.4) is 0 Å². The van der Waals surface area contributed by atoms with Gasteiger partial charge in [0.2, 0.25) is 0 Å². The number of rotatable bonds is 3. The molecule has 0 aliphatic carbocycles. The van der Waals surface area contributed by atoms with Crippen LogP contribution in [0, 0.1) is 17.0 Å². The van der Waals surface area contributed by atoms with Crippen molar-refractivity contribution < 1.29 is 9.66 Å². The average molecular weight is 276 g/mol. The maximum absolute atomic E-state index is 11.1. The predicted molar refractivity (Wildman–Crippen MR) is 68.8 cm³/mol. The number of hydrogen-bond acceptors (Lipinski definition) is 6. The van der Waals surface area contributed by atoms with Crippen LogP contribution in [0.2, 0.25) is 0 Å². The third-order valence-corrected chi connectivity index (χ3v) is 3.23. The van der Waals surface area contributed by atoms with Crippen LogP contribution in [0.15, 0.2) is 29.9 Å². The molecule has 19 heavy (non-hydrogen) atoms. The van der Waals surface area contributed by atoms with Gasteiger partial charge in [-0.15, -0.1) is 0 Å². The Kier molecular flexibility index (Phi) is 2.64. The van der Waals surface area contributed by atoms with E-state index in [2.05, 4.69) is 9.97 Å². The Hall–Kier alpha value is -2.48. The number of nitrogens with zero attached hydrogens (tertiary/aromatic N) is 4. The van der Waals surface area contributed by atoms with E-state index in [-0.39, 0.29) is 11.7 Å². The third-order valence-electron chi connectivity index (χ3n) is 2.48. The quantitative estimate of drug-likeness (QED) is 0.542. The van der Waals surface area contributed by atoms with Gasteiger partial charge in [-0.2, -0.15) is 9.38 Å². The lowest BCUT2D eigenvalue weighted by Gasteiger charge is -2.01. The summed E-state index contributed by atoms with van der Waals surface area (Å²) < 4.78 is 6.83. The fourth-order valence-electron chi connectivity index (χ4n) is 1.61. The highest BCUT2D eigenvalue weighted by atomic mass is 32.1. The standard InChI is InChI=1S/C11H8N4O3S/c1-7-2-3-8(6-12-7)18-9-10(15(16)17)14-4-5-19-11(14)13-9/h2-6H,1H3. The number of aryl methyl sites for hydroxylation is 1. The van der Waals surface area contributed by atoms with Crippen LogP contribution >= 0.6 is 11.3 Å². The van der Waals surface area contributed by atoms with E-state index in [1.807, 2.05) is 6.92 Å². The van der Waals surface area contributed by atoms with E-state index >= 15 is 0 Å². The first-order chi connectivity index (χ1) is 9.15. The topological polar surface area (TPSA) is 82.6 Å². The second-order valence-corrected chi connectivity index (χ2v) is 4.66. The molecule has 96 valence electrons.